The molecule has 4 heteroatoms. The van der Waals surface area contributed by atoms with Gasteiger partial charge < -0.3 is 15.3 Å². The third kappa shape index (κ3) is 1.54. The zero-order valence-electron chi connectivity index (χ0n) is 6.78. The van der Waals surface area contributed by atoms with Crippen molar-refractivity contribution >= 4 is 6.29 Å². The Morgan fingerprint density at radius 1 is 1.83 bits per heavy atom. The highest BCUT2D eigenvalue weighted by atomic mass is 16.4. The third-order valence-electron chi connectivity index (χ3n) is 1.65. The number of carbonyl (C=O) groups is 1. The average molecular weight is 169 g/mol. The Morgan fingerprint density at radius 3 is 2.92 bits per heavy atom. The largest absolute Gasteiger partial charge is 0.463 e. The molecule has 1 aromatic heterocycles. The number of aryl methyl sites for hydroxylation is 1. The summed E-state index contributed by atoms with van der Waals surface area (Å²) in [7, 11) is 0. The molecule has 0 saturated heterocycles. The first-order valence-electron chi connectivity index (χ1n) is 3.62. The van der Waals surface area contributed by atoms with Gasteiger partial charge in [-0.05, 0) is 13.0 Å². The van der Waals surface area contributed by atoms with Gasteiger partial charge in [0.05, 0.1) is 5.56 Å². The lowest BCUT2D eigenvalue weighted by atomic mass is 10.2. The van der Waals surface area contributed by atoms with E-state index in [1.165, 1.54) is 6.07 Å². The van der Waals surface area contributed by atoms with Crippen LogP contribution in [0.25, 0.3) is 0 Å². The van der Waals surface area contributed by atoms with Crippen LogP contribution in [0.5, 0.6) is 0 Å². The van der Waals surface area contributed by atoms with Crippen molar-refractivity contribution in [1.29, 1.82) is 0 Å². The van der Waals surface area contributed by atoms with Crippen LogP contribution in [-0.2, 0) is 0 Å². The molecular formula is C8H11NO3. The molecule has 4 nitrogen and oxygen atoms in total. The van der Waals surface area contributed by atoms with E-state index in [2.05, 4.69) is 0 Å². The summed E-state index contributed by atoms with van der Waals surface area (Å²) in [4.78, 5) is 10.4. The molecule has 0 bridgehead atoms. The molecule has 0 spiro atoms. The van der Waals surface area contributed by atoms with Crippen molar-refractivity contribution in [2.24, 2.45) is 5.73 Å². The summed E-state index contributed by atoms with van der Waals surface area (Å²) in [5.74, 6) is 0.851. The van der Waals surface area contributed by atoms with E-state index in [0.717, 1.165) is 0 Å². The number of aliphatic hydroxyl groups excluding tert-OH is 1. The summed E-state index contributed by atoms with van der Waals surface area (Å²) in [6.45, 7) is 1.75. The van der Waals surface area contributed by atoms with E-state index in [4.69, 9.17) is 10.2 Å². The molecule has 12 heavy (non-hydrogen) atoms. The highest BCUT2D eigenvalue weighted by molar-refractivity contribution is 5.76. The van der Waals surface area contributed by atoms with Gasteiger partial charge in [0.2, 0.25) is 0 Å². The topological polar surface area (TPSA) is 76.5 Å². The molecule has 0 radical (unpaired) electrons. The lowest BCUT2D eigenvalue weighted by Gasteiger charge is -2.01. The fourth-order valence-corrected chi connectivity index (χ4v) is 0.917. The normalized spacial score (nSPS) is 12.9. The Bertz CT molecular complexity index is 280. The highest BCUT2D eigenvalue weighted by Gasteiger charge is 2.12. The number of nitrogens with two attached hydrogens (primary N) is 1. The maximum absolute atomic E-state index is 10.4. The van der Waals surface area contributed by atoms with Crippen LogP contribution < -0.4 is 5.73 Å². The first-order chi connectivity index (χ1) is 5.69. The molecule has 0 fully saturated rings. The van der Waals surface area contributed by atoms with Crippen LogP contribution in [0.15, 0.2) is 10.5 Å². The predicted octanol–water partition coefficient (Wildman–Crippen LogP) is 0.393. The molecule has 1 aromatic rings. The van der Waals surface area contributed by atoms with Crippen molar-refractivity contribution in [3.63, 3.8) is 0 Å². The van der Waals surface area contributed by atoms with E-state index in [-0.39, 0.29) is 6.54 Å². The van der Waals surface area contributed by atoms with E-state index >= 15 is 0 Å². The summed E-state index contributed by atoms with van der Waals surface area (Å²) in [6.07, 6.45) is -0.136. The molecule has 0 saturated carbocycles. The SMILES string of the molecule is Cc1oc(C(O)CN)cc1C=O. The maximum atomic E-state index is 10.4. The molecule has 0 aliphatic rings. The maximum Gasteiger partial charge on any atom is 0.153 e. The fraction of sp³-hybridized carbons (Fsp3) is 0.375. The standard InChI is InChI=1S/C8H11NO3/c1-5-6(4-10)2-8(12-5)7(11)3-9/h2,4,7,11H,3,9H2,1H3. The van der Waals surface area contributed by atoms with E-state index in [1.807, 2.05) is 0 Å². The van der Waals surface area contributed by atoms with Gasteiger partial charge in [-0.3, -0.25) is 4.79 Å². The molecule has 0 aliphatic heterocycles. The lowest BCUT2D eigenvalue weighted by molar-refractivity contribution is 0.112. The Morgan fingerprint density at radius 2 is 2.50 bits per heavy atom. The second-order valence-electron chi connectivity index (χ2n) is 2.53. The zero-order valence-corrected chi connectivity index (χ0v) is 6.78. The van der Waals surface area contributed by atoms with Gasteiger partial charge >= 0.3 is 0 Å². The second-order valence-corrected chi connectivity index (χ2v) is 2.53. The lowest BCUT2D eigenvalue weighted by Crippen LogP contribution is -2.10. The average Bonchev–Trinajstić information content (AvgIpc) is 2.45. The molecule has 3 N–H and O–H groups in total. The Hall–Kier alpha value is -1.13. The molecule has 1 atom stereocenters. The Labute approximate surface area is 70.0 Å². The molecular weight excluding hydrogens is 158 g/mol. The minimum Gasteiger partial charge on any atom is -0.463 e. The number of hydrogen-bond donors (Lipinski definition) is 2. The third-order valence-corrected chi connectivity index (χ3v) is 1.65. The van der Waals surface area contributed by atoms with E-state index in [9.17, 15) is 9.90 Å². The van der Waals surface area contributed by atoms with Crippen LogP contribution in [0, 0.1) is 6.92 Å². The van der Waals surface area contributed by atoms with Crippen molar-refractivity contribution in [1.82, 2.24) is 0 Å². The van der Waals surface area contributed by atoms with Crippen LogP contribution in [-0.4, -0.2) is 17.9 Å². The number of aliphatic hydroxyl groups is 1. The van der Waals surface area contributed by atoms with Gasteiger partial charge in [0.1, 0.15) is 17.6 Å². The van der Waals surface area contributed by atoms with Crippen LogP contribution in [0.3, 0.4) is 0 Å². The van der Waals surface area contributed by atoms with Crippen molar-refractivity contribution in [2.75, 3.05) is 6.54 Å². The van der Waals surface area contributed by atoms with E-state index in [1.54, 1.807) is 6.92 Å². The monoisotopic (exact) mass is 169 g/mol. The first kappa shape index (κ1) is 8.96. The molecule has 1 unspecified atom stereocenters. The fourth-order valence-electron chi connectivity index (χ4n) is 0.917. The minimum absolute atomic E-state index is 0.0885. The molecule has 1 rings (SSSR count). The quantitative estimate of drug-likeness (QED) is 0.642. The van der Waals surface area contributed by atoms with Crippen LogP contribution in [0.4, 0.5) is 0 Å². The summed E-state index contributed by atoms with van der Waals surface area (Å²) in [6, 6.07) is 1.50. The Balaban J connectivity index is 2.96. The number of furan rings is 1. The number of rotatable bonds is 3. The molecule has 1 heterocycles. The summed E-state index contributed by atoms with van der Waals surface area (Å²) in [5, 5.41) is 9.23. The van der Waals surface area contributed by atoms with Gasteiger partial charge in [0.15, 0.2) is 6.29 Å². The van der Waals surface area contributed by atoms with Crippen LogP contribution >= 0.6 is 0 Å². The molecule has 0 aliphatic carbocycles. The smallest absolute Gasteiger partial charge is 0.153 e. The molecule has 66 valence electrons. The minimum atomic E-state index is -0.822. The van der Waals surface area contributed by atoms with E-state index in [0.29, 0.717) is 23.4 Å². The second kappa shape index (κ2) is 3.51. The van der Waals surface area contributed by atoms with Gasteiger partial charge in [-0.25, -0.2) is 0 Å². The van der Waals surface area contributed by atoms with Crippen molar-refractivity contribution in [3.05, 3.63) is 23.2 Å². The highest BCUT2D eigenvalue weighted by Crippen LogP contribution is 2.18. The predicted molar refractivity (Wildman–Crippen MR) is 42.8 cm³/mol. The molecule has 0 aromatic carbocycles. The van der Waals surface area contributed by atoms with Crippen LogP contribution in [0.1, 0.15) is 28.0 Å². The van der Waals surface area contributed by atoms with Crippen molar-refractivity contribution in [3.8, 4) is 0 Å². The van der Waals surface area contributed by atoms with Crippen molar-refractivity contribution < 1.29 is 14.3 Å². The number of hydrogen-bond acceptors (Lipinski definition) is 4. The van der Waals surface area contributed by atoms with Crippen molar-refractivity contribution in [2.45, 2.75) is 13.0 Å². The first-order valence-corrected chi connectivity index (χ1v) is 3.62. The number of carbonyl (C=O) groups excluding carboxylic acids is 1. The summed E-state index contributed by atoms with van der Waals surface area (Å²) in [5.41, 5.74) is 5.66. The van der Waals surface area contributed by atoms with Gasteiger partial charge in [0, 0.05) is 6.54 Å². The van der Waals surface area contributed by atoms with Crippen LogP contribution in [0.2, 0.25) is 0 Å². The van der Waals surface area contributed by atoms with Gasteiger partial charge in [-0.1, -0.05) is 0 Å². The molecule has 0 amide bonds. The summed E-state index contributed by atoms with van der Waals surface area (Å²) >= 11 is 0. The van der Waals surface area contributed by atoms with E-state index < -0.39 is 6.10 Å². The van der Waals surface area contributed by atoms with Gasteiger partial charge in [-0.2, -0.15) is 0 Å². The van der Waals surface area contributed by atoms with Gasteiger partial charge in [-0.15, -0.1) is 0 Å². The zero-order chi connectivity index (χ0) is 9.14. The van der Waals surface area contributed by atoms with Gasteiger partial charge in [0.25, 0.3) is 0 Å². The Kier molecular flexibility index (Phi) is 2.62. The summed E-state index contributed by atoms with van der Waals surface area (Å²) < 4.78 is 5.10. The number of aldehydes is 1.